The molecule has 27 heavy (non-hydrogen) atoms. The SMILES string of the molecule is COc1cccc(OC)c1C(=O)O[C@@H](C)C(=O)Nc1c(C)cc(C)cc1C. The molecule has 1 amide bonds. The highest BCUT2D eigenvalue weighted by atomic mass is 16.6. The van der Waals surface area contributed by atoms with Gasteiger partial charge in [-0.2, -0.15) is 0 Å². The first-order valence-electron chi connectivity index (χ1n) is 8.59. The van der Waals surface area contributed by atoms with Crippen molar-refractivity contribution in [2.45, 2.75) is 33.8 Å². The lowest BCUT2D eigenvalue weighted by molar-refractivity contribution is -0.123. The van der Waals surface area contributed by atoms with Gasteiger partial charge in [0.1, 0.15) is 17.1 Å². The van der Waals surface area contributed by atoms with Crippen LogP contribution in [-0.2, 0) is 9.53 Å². The molecule has 144 valence electrons. The van der Waals surface area contributed by atoms with Crippen LogP contribution in [0.3, 0.4) is 0 Å². The molecule has 0 unspecified atom stereocenters. The molecule has 0 heterocycles. The van der Waals surface area contributed by atoms with E-state index in [2.05, 4.69) is 5.32 Å². The van der Waals surface area contributed by atoms with E-state index in [-0.39, 0.29) is 5.56 Å². The maximum atomic E-state index is 12.6. The van der Waals surface area contributed by atoms with Gasteiger partial charge in [0, 0.05) is 5.69 Å². The number of carbonyl (C=O) groups is 2. The number of rotatable bonds is 6. The Morgan fingerprint density at radius 1 is 0.963 bits per heavy atom. The predicted molar refractivity (Wildman–Crippen MR) is 104 cm³/mol. The molecule has 2 aromatic rings. The summed E-state index contributed by atoms with van der Waals surface area (Å²) in [6.07, 6.45) is -0.993. The summed E-state index contributed by atoms with van der Waals surface area (Å²) in [6.45, 7) is 7.36. The van der Waals surface area contributed by atoms with Gasteiger partial charge in [-0.1, -0.05) is 23.8 Å². The molecule has 2 rings (SSSR count). The molecule has 0 aromatic heterocycles. The molecular weight excluding hydrogens is 346 g/mol. The number of benzene rings is 2. The summed E-state index contributed by atoms with van der Waals surface area (Å²) in [5, 5.41) is 2.84. The van der Waals surface area contributed by atoms with Crippen LogP contribution in [0.25, 0.3) is 0 Å². The van der Waals surface area contributed by atoms with E-state index >= 15 is 0 Å². The second-order valence-corrected chi connectivity index (χ2v) is 6.35. The van der Waals surface area contributed by atoms with Gasteiger partial charge < -0.3 is 19.5 Å². The average molecular weight is 371 g/mol. The van der Waals surface area contributed by atoms with E-state index in [4.69, 9.17) is 14.2 Å². The summed E-state index contributed by atoms with van der Waals surface area (Å²) in [4.78, 5) is 25.1. The van der Waals surface area contributed by atoms with Gasteiger partial charge in [-0.3, -0.25) is 4.79 Å². The lowest BCUT2D eigenvalue weighted by Crippen LogP contribution is -2.30. The zero-order valence-corrected chi connectivity index (χ0v) is 16.5. The van der Waals surface area contributed by atoms with Gasteiger partial charge in [0.15, 0.2) is 6.10 Å². The molecule has 0 saturated heterocycles. The lowest BCUT2D eigenvalue weighted by atomic mass is 10.0. The number of aryl methyl sites for hydroxylation is 3. The third kappa shape index (κ3) is 4.58. The second-order valence-electron chi connectivity index (χ2n) is 6.35. The van der Waals surface area contributed by atoms with Gasteiger partial charge in [0.25, 0.3) is 5.91 Å². The normalized spacial score (nSPS) is 11.5. The van der Waals surface area contributed by atoms with Crippen LogP contribution >= 0.6 is 0 Å². The van der Waals surface area contributed by atoms with Gasteiger partial charge in [0.05, 0.1) is 14.2 Å². The van der Waals surface area contributed by atoms with Gasteiger partial charge in [-0.25, -0.2) is 4.79 Å². The quantitative estimate of drug-likeness (QED) is 0.782. The Morgan fingerprint density at radius 3 is 1.96 bits per heavy atom. The van der Waals surface area contributed by atoms with Crippen molar-refractivity contribution in [1.29, 1.82) is 0 Å². The van der Waals surface area contributed by atoms with Gasteiger partial charge in [0.2, 0.25) is 0 Å². The second kappa shape index (κ2) is 8.58. The highest BCUT2D eigenvalue weighted by Crippen LogP contribution is 2.29. The van der Waals surface area contributed by atoms with Crippen molar-refractivity contribution in [3.8, 4) is 11.5 Å². The van der Waals surface area contributed by atoms with E-state index in [1.807, 2.05) is 32.9 Å². The number of nitrogens with one attached hydrogen (secondary N) is 1. The Kier molecular flexibility index (Phi) is 6.45. The molecule has 0 fully saturated rings. The minimum atomic E-state index is -0.993. The van der Waals surface area contributed by atoms with Crippen molar-refractivity contribution >= 4 is 17.6 Å². The molecule has 0 saturated carbocycles. The molecular formula is C21H25NO5. The largest absolute Gasteiger partial charge is 0.496 e. The number of amides is 1. The Hall–Kier alpha value is -3.02. The summed E-state index contributed by atoms with van der Waals surface area (Å²) in [5.41, 5.74) is 3.88. The summed E-state index contributed by atoms with van der Waals surface area (Å²) in [5.74, 6) is -0.467. The number of anilines is 1. The van der Waals surface area contributed by atoms with Gasteiger partial charge >= 0.3 is 5.97 Å². The average Bonchev–Trinajstić information content (AvgIpc) is 2.63. The van der Waals surface area contributed by atoms with Crippen LogP contribution in [0, 0.1) is 20.8 Å². The van der Waals surface area contributed by atoms with Crippen molar-refractivity contribution in [2.24, 2.45) is 0 Å². The summed E-state index contributed by atoms with van der Waals surface area (Å²) >= 11 is 0. The summed E-state index contributed by atoms with van der Waals surface area (Å²) in [6, 6.07) is 8.93. The lowest BCUT2D eigenvalue weighted by Gasteiger charge is -2.18. The van der Waals surface area contributed by atoms with E-state index in [1.54, 1.807) is 18.2 Å². The number of esters is 1. The minimum absolute atomic E-state index is 0.143. The molecule has 6 heteroatoms. The van der Waals surface area contributed by atoms with Crippen LogP contribution < -0.4 is 14.8 Å². The fraction of sp³-hybridized carbons (Fsp3) is 0.333. The zero-order chi connectivity index (χ0) is 20.1. The number of carbonyl (C=O) groups excluding carboxylic acids is 2. The third-order valence-electron chi connectivity index (χ3n) is 4.21. The highest BCUT2D eigenvalue weighted by molar-refractivity contribution is 6.00. The Labute approximate surface area is 159 Å². The molecule has 0 aliphatic rings. The van der Waals surface area contributed by atoms with Crippen LogP contribution in [0.1, 0.15) is 34.0 Å². The van der Waals surface area contributed by atoms with E-state index in [1.165, 1.54) is 21.1 Å². The molecule has 0 radical (unpaired) electrons. The molecule has 0 spiro atoms. The van der Waals surface area contributed by atoms with Crippen molar-refractivity contribution in [2.75, 3.05) is 19.5 Å². The first kappa shape index (κ1) is 20.3. The van der Waals surface area contributed by atoms with Crippen molar-refractivity contribution in [1.82, 2.24) is 0 Å². The maximum absolute atomic E-state index is 12.6. The molecule has 1 N–H and O–H groups in total. The number of hydrogen-bond acceptors (Lipinski definition) is 5. The zero-order valence-electron chi connectivity index (χ0n) is 16.5. The smallest absolute Gasteiger partial charge is 0.346 e. The topological polar surface area (TPSA) is 73.9 Å². The molecule has 0 aliphatic heterocycles. The van der Waals surface area contributed by atoms with Crippen LogP contribution in [0.2, 0.25) is 0 Å². The van der Waals surface area contributed by atoms with Gasteiger partial charge in [-0.15, -0.1) is 0 Å². The van der Waals surface area contributed by atoms with Crippen molar-refractivity contribution in [3.63, 3.8) is 0 Å². The van der Waals surface area contributed by atoms with Crippen LogP contribution in [0.5, 0.6) is 11.5 Å². The Morgan fingerprint density at radius 2 is 1.48 bits per heavy atom. The first-order chi connectivity index (χ1) is 12.8. The maximum Gasteiger partial charge on any atom is 0.346 e. The number of methoxy groups -OCH3 is 2. The highest BCUT2D eigenvalue weighted by Gasteiger charge is 2.25. The molecule has 2 aromatic carbocycles. The summed E-state index contributed by atoms with van der Waals surface area (Å²) < 4.78 is 15.8. The summed E-state index contributed by atoms with van der Waals surface area (Å²) in [7, 11) is 2.90. The molecule has 0 bridgehead atoms. The monoisotopic (exact) mass is 371 g/mol. The standard InChI is InChI=1S/C21H25NO5/c1-12-10-13(2)19(14(3)11-12)22-20(23)15(4)27-21(24)18-16(25-5)8-7-9-17(18)26-6/h7-11,15H,1-6H3,(H,22,23)/t15-/m0/s1. The number of ether oxygens (including phenoxy) is 3. The van der Waals surface area contributed by atoms with Crippen molar-refractivity contribution < 1.29 is 23.8 Å². The van der Waals surface area contributed by atoms with E-state index in [0.29, 0.717) is 11.5 Å². The molecule has 6 nitrogen and oxygen atoms in total. The van der Waals surface area contributed by atoms with E-state index < -0.39 is 18.0 Å². The minimum Gasteiger partial charge on any atom is -0.496 e. The van der Waals surface area contributed by atoms with Crippen LogP contribution in [-0.4, -0.2) is 32.2 Å². The van der Waals surface area contributed by atoms with E-state index in [0.717, 1.165) is 22.4 Å². The Balaban J connectivity index is 2.17. The Bertz CT molecular complexity index is 814. The first-order valence-corrected chi connectivity index (χ1v) is 8.59. The van der Waals surface area contributed by atoms with Crippen molar-refractivity contribution in [3.05, 3.63) is 52.6 Å². The molecule has 1 atom stereocenters. The predicted octanol–water partition coefficient (Wildman–Crippen LogP) is 3.81. The van der Waals surface area contributed by atoms with Gasteiger partial charge in [-0.05, 0) is 51.0 Å². The van der Waals surface area contributed by atoms with E-state index in [9.17, 15) is 9.59 Å². The fourth-order valence-corrected chi connectivity index (χ4v) is 2.93. The van der Waals surface area contributed by atoms with Crippen LogP contribution in [0.4, 0.5) is 5.69 Å². The fourth-order valence-electron chi connectivity index (χ4n) is 2.93. The number of hydrogen-bond donors (Lipinski definition) is 1. The molecule has 0 aliphatic carbocycles. The third-order valence-corrected chi connectivity index (χ3v) is 4.21. The van der Waals surface area contributed by atoms with Crippen LogP contribution in [0.15, 0.2) is 30.3 Å².